The van der Waals surface area contributed by atoms with Gasteiger partial charge in [-0.2, -0.15) is 0 Å². The summed E-state index contributed by atoms with van der Waals surface area (Å²) in [6, 6.07) is 0. The number of carboxylic acid groups (broad SMARTS) is 1. The van der Waals surface area contributed by atoms with Crippen LogP contribution >= 0.6 is 0 Å². The number of aliphatic carboxylic acids is 1. The molecule has 1 N–H and O–H groups in total. The third kappa shape index (κ3) is 7.51. The highest BCUT2D eigenvalue weighted by molar-refractivity contribution is 5.69. The van der Waals surface area contributed by atoms with Crippen molar-refractivity contribution in [3.63, 3.8) is 0 Å². The van der Waals surface area contributed by atoms with Gasteiger partial charge in [0.15, 0.2) is 18.3 Å². The topological polar surface area (TPSA) is 152 Å². The number of ether oxygens (including phenoxy) is 5. The molecule has 0 bridgehead atoms. The predicted molar refractivity (Wildman–Crippen MR) is 88.8 cm³/mol. The minimum absolute atomic E-state index is 0.0889. The van der Waals surface area contributed by atoms with E-state index in [1.807, 2.05) is 0 Å². The smallest absolute Gasteiger partial charge is 0.303 e. The molecule has 1 aliphatic rings. The van der Waals surface area contributed by atoms with Crippen molar-refractivity contribution in [1.29, 1.82) is 0 Å². The first-order valence-corrected chi connectivity index (χ1v) is 8.53. The molecule has 11 heteroatoms. The molecule has 0 spiro atoms. The summed E-state index contributed by atoms with van der Waals surface area (Å²) in [4.78, 5) is 56.8. The molecule has 0 aromatic rings. The quantitative estimate of drug-likeness (QED) is 0.429. The standard InChI is InChI=1S/C17H24O11/c1-8(18)24-7-13-16(26-10(3)20)17(27-11(4)21)15(25-9(2)19)12(28-13)5-6-14(22)23/h12-13,15-17H,5-7H2,1-4H3,(H,22,23)/t12-,13-,15-,16-,17-/m1/s1. The highest BCUT2D eigenvalue weighted by Crippen LogP contribution is 2.31. The van der Waals surface area contributed by atoms with Crippen molar-refractivity contribution in [3.05, 3.63) is 0 Å². The minimum Gasteiger partial charge on any atom is -0.481 e. The summed E-state index contributed by atoms with van der Waals surface area (Å²) < 4.78 is 26.3. The summed E-state index contributed by atoms with van der Waals surface area (Å²) in [7, 11) is 0. The van der Waals surface area contributed by atoms with Crippen LogP contribution in [0.4, 0.5) is 0 Å². The summed E-state index contributed by atoms with van der Waals surface area (Å²) in [5.74, 6) is -3.95. The summed E-state index contributed by atoms with van der Waals surface area (Å²) in [6.07, 6.45) is -6.23. The summed E-state index contributed by atoms with van der Waals surface area (Å²) in [5.41, 5.74) is 0. The van der Waals surface area contributed by atoms with Crippen LogP contribution in [0.5, 0.6) is 0 Å². The highest BCUT2D eigenvalue weighted by Gasteiger charge is 2.51. The summed E-state index contributed by atoms with van der Waals surface area (Å²) in [5, 5.41) is 8.95. The van der Waals surface area contributed by atoms with Crippen molar-refractivity contribution in [1.82, 2.24) is 0 Å². The van der Waals surface area contributed by atoms with Crippen LogP contribution in [0, 0.1) is 0 Å². The molecule has 5 atom stereocenters. The monoisotopic (exact) mass is 404 g/mol. The molecule has 1 fully saturated rings. The van der Waals surface area contributed by atoms with Gasteiger partial charge >= 0.3 is 29.8 Å². The Kier molecular flexibility index (Phi) is 8.83. The Labute approximate surface area is 161 Å². The fraction of sp³-hybridized carbons (Fsp3) is 0.706. The van der Waals surface area contributed by atoms with Crippen LogP contribution in [0.3, 0.4) is 0 Å². The van der Waals surface area contributed by atoms with E-state index < -0.39 is 60.4 Å². The Morgan fingerprint density at radius 1 is 0.750 bits per heavy atom. The van der Waals surface area contributed by atoms with Crippen LogP contribution in [-0.2, 0) is 47.7 Å². The van der Waals surface area contributed by atoms with Crippen molar-refractivity contribution in [3.8, 4) is 0 Å². The van der Waals surface area contributed by atoms with E-state index in [2.05, 4.69) is 0 Å². The second-order valence-electron chi connectivity index (χ2n) is 6.17. The number of rotatable bonds is 8. The molecular weight excluding hydrogens is 380 g/mol. The summed E-state index contributed by atoms with van der Waals surface area (Å²) in [6.45, 7) is 4.16. The molecule has 1 rings (SSSR count). The third-order valence-corrected chi connectivity index (χ3v) is 3.73. The molecule has 28 heavy (non-hydrogen) atoms. The Morgan fingerprint density at radius 2 is 1.21 bits per heavy atom. The van der Waals surface area contributed by atoms with Gasteiger partial charge in [0, 0.05) is 34.1 Å². The summed E-state index contributed by atoms with van der Waals surface area (Å²) >= 11 is 0. The van der Waals surface area contributed by atoms with E-state index >= 15 is 0 Å². The molecule has 0 unspecified atom stereocenters. The number of carboxylic acids is 1. The van der Waals surface area contributed by atoms with Gasteiger partial charge in [0.05, 0.1) is 6.10 Å². The first-order valence-electron chi connectivity index (χ1n) is 8.53. The van der Waals surface area contributed by atoms with E-state index in [1.165, 1.54) is 0 Å². The first kappa shape index (κ1) is 23.3. The Morgan fingerprint density at radius 3 is 1.64 bits per heavy atom. The zero-order valence-corrected chi connectivity index (χ0v) is 16.0. The molecular formula is C17H24O11. The molecule has 1 aliphatic heterocycles. The van der Waals surface area contributed by atoms with Gasteiger partial charge in [0.2, 0.25) is 0 Å². The van der Waals surface area contributed by atoms with Crippen molar-refractivity contribution in [2.75, 3.05) is 6.61 Å². The van der Waals surface area contributed by atoms with E-state index in [1.54, 1.807) is 0 Å². The second-order valence-corrected chi connectivity index (χ2v) is 6.17. The largest absolute Gasteiger partial charge is 0.481 e. The van der Waals surface area contributed by atoms with Gasteiger partial charge in [-0.25, -0.2) is 0 Å². The van der Waals surface area contributed by atoms with Crippen LogP contribution in [0.1, 0.15) is 40.5 Å². The van der Waals surface area contributed by atoms with Crippen molar-refractivity contribution < 1.29 is 52.8 Å². The molecule has 11 nitrogen and oxygen atoms in total. The lowest BCUT2D eigenvalue weighted by Crippen LogP contribution is -2.62. The van der Waals surface area contributed by atoms with Gasteiger partial charge in [-0.15, -0.1) is 0 Å². The second kappa shape index (κ2) is 10.6. The zero-order chi connectivity index (χ0) is 21.4. The van der Waals surface area contributed by atoms with Gasteiger partial charge in [0.1, 0.15) is 12.7 Å². The molecule has 0 aromatic heterocycles. The van der Waals surface area contributed by atoms with Crippen LogP contribution in [0.2, 0.25) is 0 Å². The van der Waals surface area contributed by atoms with E-state index in [4.69, 9.17) is 28.8 Å². The molecule has 158 valence electrons. The number of hydrogen-bond acceptors (Lipinski definition) is 10. The van der Waals surface area contributed by atoms with Gasteiger partial charge in [-0.05, 0) is 6.42 Å². The van der Waals surface area contributed by atoms with Gasteiger partial charge in [-0.1, -0.05) is 0 Å². The number of hydrogen-bond donors (Lipinski definition) is 1. The fourth-order valence-electron chi connectivity index (χ4n) is 2.82. The van der Waals surface area contributed by atoms with Crippen LogP contribution in [0.25, 0.3) is 0 Å². The molecule has 0 amide bonds. The third-order valence-electron chi connectivity index (χ3n) is 3.73. The lowest BCUT2D eigenvalue weighted by atomic mass is 9.92. The van der Waals surface area contributed by atoms with Crippen LogP contribution in [0.15, 0.2) is 0 Å². The van der Waals surface area contributed by atoms with Gasteiger partial charge in [0.25, 0.3) is 0 Å². The maximum Gasteiger partial charge on any atom is 0.303 e. The lowest BCUT2D eigenvalue weighted by Gasteiger charge is -2.44. The van der Waals surface area contributed by atoms with Gasteiger partial charge in [-0.3, -0.25) is 24.0 Å². The highest BCUT2D eigenvalue weighted by atomic mass is 16.7. The molecule has 0 radical (unpaired) electrons. The average Bonchev–Trinajstić information content (AvgIpc) is 2.54. The minimum atomic E-state index is -1.28. The van der Waals surface area contributed by atoms with Crippen molar-refractivity contribution in [2.45, 2.75) is 71.1 Å². The molecule has 1 heterocycles. The van der Waals surface area contributed by atoms with Crippen LogP contribution < -0.4 is 0 Å². The van der Waals surface area contributed by atoms with E-state index in [-0.39, 0.29) is 19.4 Å². The maximum atomic E-state index is 11.6. The molecule has 0 aliphatic carbocycles. The Balaban J connectivity index is 3.26. The zero-order valence-electron chi connectivity index (χ0n) is 16.0. The number of esters is 4. The van der Waals surface area contributed by atoms with Crippen molar-refractivity contribution >= 4 is 29.8 Å². The lowest BCUT2D eigenvalue weighted by molar-refractivity contribution is -0.253. The number of carbonyl (C=O) groups excluding carboxylic acids is 4. The molecule has 0 saturated carbocycles. The van der Waals surface area contributed by atoms with Gasteiger partial charge < -0.3 is 28.8 Å². The Bertz CT molecular complexity index is 570. The molecule has 1 saturated heterocycles. The Hall–Kier alpha value is -2.69. The average molecular weight is 404 g/mol. The van der Waals surface area contributed by atoms with Crippen LogP contribution in [-0.4, -0.2) is 72.1 Å². The molecule has 0 aromatic carbocycles. The maximum absolute atomic E-state index is 11.6. The number of carbonyl (C=O) groups is 5. The SMILES string of the molecule is CC(=O)OC[C@H]1O[C@H](CCC(=O)O)[C@@H](OC(C)=O)[C@@H](OC(C)=O)[C@@H]1OC(C)=O. The van der Waals surface area contributed by atoms with E-state index in [0.717, 1.165) is 27.7 Å². The predicted octanol–water partition coefficient (Wildman–Crippen LogP) is -0.0232. The van der Waals surface area contributed by atoms with E-state index in [9.17, 15) is 24.0 Å². The normalized spacial score (nSPS) is 26.6. The first-order chi connectivity index (χ1) is 13.0. The van der Waals surface area contributed by atoms with Crippen molar-refractivity contribution in [2.24, 2.45) is 0 Å². The van der Waals surface area contributed by atoms with E-state index in [0.29, 0.717) is 0 Å². The fourth-order valence-corrected chi connectivity index (χ4v) is 2.82.